The van der Waals surface area contributed by atoms with Crippen molar-refractivity contribution in [1.82, 2.24) is 10.2 Å². The van der Waals surface area contributed by atoms with Crippen LogP contribution in [0.5, 0.6) is 0 Å². The van der Waals surface area contributed by atoms with E-state index in [1.165, 1.54) is 13.5 Å². The number of nitrogens with zero attached hydrogens (tertiary/aromatic N) is 1. The summed E-state index contributed by atoms with van der Waals surface area (Å²) in [5.74, 6) is 0.792. The maximum absolute atomic E-state index is 11.8. The Morgan fingerprint density at radius 2 is 1.53 bits per heavy atom. The van der Waals surface area contributed by atoms with Gasteiger partial charge in [0.05, 0.1) is 7.11 Å². The number of thiol groups is 1. The second-order valence-electron chi connectivity index (χ2n) is 8.20. The fourth-order valence-corrected chi connectivity index (χ4v) is 1.87. The van der Waals surface area contributed by atoms with Gasteiger partial charge in [-0.25, -0.2) is 4.79 Å². The molecule has 8 heteroatoms. The monoisotopic (exact) mass is 482 g/mol. The lowest BCUT2D eigenvalue weighted by molar-refractivity contribution is -0.130. The van der Waals surface area contributed by atoms with Crippen LogP contribution in [0.4, 0.5) is 4.79 Å². The van der Waals surface area contributed by atoms with Gasteiger partial charge in [-0.2, -0.15) is 12.6 Å². The minimum atomic E-state index is -0.544. The van der Waals surface area contributed by atoms with Crippen LogP contribution in [0.25, 0.3) is 0 Å². The van der Waals surface area contributed by atoms with E-state index in [1.807, 2.05) is 20.8 Å². The number of carbonyl (C=O) groups excluding carboxylic acids is 3. The molecule has 196 valence electrons. The molecular formula is C24H54N2O5S. The Morgan fingerprint density at radius 3 is 1.78 bits per heavy atom. The molecule has 0 aliphatic carbocycles. The predicted molar refractivity (Wildman–Crippen MR) is 140 cm³/mol. The van der Waals surface area contributed by atoms with Crippen molar-refractivity contribution in [1.29, 1.82) is 0 Å². The van der Waals surface area contributed by atoms with E-state index in [0.29, 0.717) is 6.47 Å². The quantitative estimate of drug-likeness (QED) is 0.383. The minimum absolute atomic E-state index is 0.0131. The van der Waals surface area contributed by atoms with E-state index in [1.54, 1.807) is 31.9 Å². The van der Waals surface area contributed by atoms with Crippen molar-refractivity contribution in [3.05, 3.63) is 0 Å². The predicted octanol–water partition coefficient (Wildman–Crippen LogP) is 5.96. The molecule has 7 nitrogen and oxygen atoms in total. The third kappa shape index (κ3) is 39.1. The molecule has 1 rings (SSSR count). The molecule has 1 aliphatic rings. The van der Waals surface area contributed by atoms with Crippen molar-refractivity contribution >= 4 is 31.1 Å². The lowest BCUT2D eigenvalue weighted by atomic mass is 10.2. The average Bonchev–Trinajstić information content (AvgIpc) is 3.14. The van der Waals surface area contributed by atoms with Crippen LogP contribution < -0.4 is 5.32 Å². The number of nitrogens with one attached hydrogen (secondary N) is 1. The van der Waals surface area contributed by atoms with Crippen LogP contribution in [-0.4, -0.2) is 61.5 Å². The number of likely N-dealkylation sites (tertiary alicyclic amines) is 1. The summed E-state index contributed by atoms with van der Waals surface area (Å²) in [6.45, 7) is 23.3. The number of methoxy groups -OCH3 is 1. The number of hydrogen-bond donors (Lipinski definition) is 2. The molecule has 1 aliphatic heterocycles. The van der Waals surface area contributed by atoms with Gasteiger partial charge >= 0.3 is 6.09 Å². The van der Waals surface area contributed by atoms with Crippen LogP contribution in [0.15, 0.2) is 0 Å². The summed E-state index contributed by atoms with van der Waals surface area (Å²) < 4.78 is 8.92. The second-order valence-corrected chi connectivity index (χ2v) is 8.20. The molecule has 0 aromatic heterocycles. The summed E-state index contributed by atoms with van der Waals surface area (Å²) in [4.78, 5) is 33.9. The summed E-state index contributed by atoms with van der Waals surface area (Å²) in [5, 5.41) is 2.48. The molecule has 0 aromatic carbocycles. The molecule has 1 N–H and O–H groups in total. The van der Waals surface area contributed by atoms with Crippen molar-refractivity contribution in [2.75, 3.05) is 26.5 Å². The topological polar surface area (TPSA) is 84.9 Å². The fraction of sp³-hybridized carbons (Fsp3) is 0.875. The van der Waals surface area contributed by atoms with Gasteiger partial charge in [-0.15, -0.1) is 0 Å². The van der Waals surface area contributed by atoms with E-state index in [0.717, 1.165) is 25.3 Å². The first kappa shape index (κ1) is 40.9. The third-order valence-electron chi connectivity index (χ3n) is 2.75. The molecule has 2 amide bonds. The number of alkyl carbamates (subject to hydrolysis) is 1. The van der Waals surface area contributed by atoms with Crippen LogP contribution in [-0.2, 0) is 19.1 Å². The van der Waals surface area contributed by atoms with Gasteiger partial charge < -0.3 is 19.7 Å². The highest BCUT2D eigenvalue weighted by atomic mass is 32.1. The first-order chi connectivity index (χ1) is 14.9. The standard InChI is InChI=1S/C12H22N2O3.C4H10.C3H8.C2H4O2.C2H6.CH4S/c1-9-6-5-7-14(9)10(15)8-13-11(16)17-12(2,3)4;1-4(2)3;1-3-2;1-4-2-3;2*1-2/h9H,5-8H2,1-4H3,(H,13,16);4H,1-3H3;3H2,1-2H3;2H,1H3;1-2H3;2H,1H3. The zero-order valence-corrected chi connectivity index (χ0v) is 24.1. The average molecular weight is 483 g/mol. The Balaban J connectivity index is -0.000000133. The zero-order valence-electron chi connectivity index (χ0n) is 23.2. The Morgan fingerprint density at radius 1 is 1.16 bits per heavy atom. The summed E-state index contributed by atoms with van der Waals surface area (Å²) in [7, 11) is 1.31. The highest BCUT2D eigenvalue weighted by molar-refractivity contribution is 7.79. The molecular weight excluding hydrogens is 428 g/mol. The van der Waals surface area contributed by atoms with Crippen LogP contribution in [0.2, 0.25) is 0 Å². The van der Waals surface area contributed by atoms with Crippen molar-refractivity contribution in [2.24, 2.45) is 5.92 Å². The first-order valence-corrected chi connectivity index (χ1v) is 12.4. The molecule has 1 saturated heterocycles. The molecule has 0 saturated carbocycles. The Kier molecular flexibility index (Phi) is 37.8. The Labute approximate surface area is 204 Å². The molecule has 0 bridgehead atoms. The number of rotatable bonds is 3. The van der Waals surface area contributed by atoms with E-state index in [9.17, 15) is 9.59 Å². The van der Waals surface area contributed by atoms with Crippen molar-refractivity contribution in [2.45, 2.75) is 107 Å². The van der Waals surface area contributed by atoms with Crippen molar-refractivity contribution < 1.29 is 23.9 Å². The smallest absolute Gasteiger partial charge is 0.408 e. The van der Waals surface area contributed by atoms with Gasteiger partial charge in [0.2, 0.25) is 5.91 Å². The van der Waals surface area contributed by atoms with Gasteiger partial charge in [0.25, 0.3) is 6.47 Å². The molecule has 32 heavy (non-hydrogen) atoms. The van der Waals surface area contributed by atoms with Gasteiger partial charge in [0.1, 0.15) is 12.1 Å². The summed E-state index contributed by atoms with van der Waals surface area (Å²) >= 11 is 3.53. The second kappa shape index (κ2) is 29.6. The molecule has 0 aromatic rings. The first-order valence-electron chi connectivity index (χ1n) is 11.5. The summed E-state index contributed by atoms with van der Waals surface area (Å²) in [6, 6.07) is 0.280. The molecule has 1 heterocycles. The molecule has 0 spiro atoms. The van der Waals surface area contributed by atoms with Gasteiger partial charge in [0.15, 0.2) is 0 Å². The van der Waals surface area contributed by atoms with Gasteiger partial charge in [-0.3, -0.25) is 9.59 Å². The highest BCUT2D eigenvalue weighted by Crippen LogP contribution is 2.15. The summed E-state index contributed by atoms with van der Waals surface area (Å²) in [5.41, 5.74) is -0.534. The van der Waals surface area contributed by atoms with Crippen molar-refractivity contribution in [3.8, 4) is 0 Å². The summed E-state index contributed by atoms with van der Waals surface area (Å²) in [6.07, 6.45) is 4.48. The van der Waals surface area contributed by atoms with Crippen LogP contribution in [0, 0.1) is 5.92 Å². The van der Waals surface area contributed by atoms with Crippen molar-refractivity contribution in [3.63, 3.8) is 0 Å². The maximum Gasteiger partial charge on any atom is 0.408 e. The van der Waals surface area contributed by atoms with Gasteiger partial charge in [0, 0.05) is 12.6 Å². The fourth-order valence-electron chi connectivity index (χ4n) is 1.87. The third-order valence-corrected chi connectivity index (χ3v) is 2.75. The normalized spacial score (nSPS) is 13.5. The van der Waals surface area contributed by atoms with Crippen LogP contribution >= 0.6 is 12.6 Å². The Bertz CT molecular complexity index is 411. The molecule has 1 fully saturated rings. The maximum atomic E-state index is 11.8. The highest BCUT2D eigenvalue weighted by Gasteiger charge is 2.25. The SMILES string of the molecule is CC.CC(C)C.CC1CCCN1C(=O)CNC(=O)OC(C)(C)C.CCC.COC=O.CS. The number of hydrogen-bond acceptors (Lipinski definition) is 6. The van der Waals surface area contributed by atoms with E-state index in [4.69, 9.17) is 9.53 Å². The zero-order chi connectivity index (χ0) is 26.8. The van der Waals surface area contributed by atoms with Gasteiger partial charge in [-0.05, 0) is 52.7 Å². The molecule has 0 radical (unpaired) electrons. The molecule has 1 unspecified atom stereocenters. The van der Waals surface area contributed by atoms with Crippen LogP contribution in [0.3, 0.4) is 0 Å². The minimum Gasteiger partial charge on any atom is -0.471 e. The van der Waals surface area contributed by atoms with Crippen LogP contribution in [0.1, 0.15) is 95.4 Å². The lowest BCUT2D eigenvalue weighted by Gasteiger charge is -2.23. The van der Waals surface area contributed by atoms with E-state index < -0.39 is 11.7 Å². The number of carbonyl (C=O) groups is 3. The molecule has 1 atom stereocenters. The van der Waals surface area contributed by atoms with E-state index in [-0.39, 0.29) is 18.5 Å². The Hall–Kier alpha value is -1.44. The van der Waals surface area contributed by atoms with E-state index >= 15 is 0 Å². The van der Waals surface area contributed by atoms with E-state index in [2.05, 4.69) is 57.3 Å². The van der Waals surface area contributed by atoms with Gasteiger partial charge in [-0.1, -0.05) is 54.9 Å². The lowest BCUT2D eigenvalue weighted by Crippen LogP contribution is -2.43. The number of ether oxygens (including phenoxy) is 2. The number of amides is 2. The largest absolute Gasteiger partial charge is 0.471 e.